The van der Waals surface area contributed by atoms with Crippen LogP contribution in [0.25, 0.3) is 0 Å². The molecule has 8 heteroatoms. The summed E-state index contributed by atoms with van der Waals surface area (Å²) in [6.07, 6.45) is -4.42. The van der Waals surface area contributed by atoms with Crippen LogP contribution < -0.4 is 5.32 Å². The van der Waals surface area contributed by atoms with Gasteiger partial charge in [0.2, 0.25) is 0 Å². The molecule has 0 radical (unpaired) electrons. The number of benzene rings is 1. The van der Waals surface area contributed by atoms with Crippen molar-refractivity contribution in [3.8, 4) is 0 Å². The molecule has 1 rings (SSSR count). The van der Waals surface area contributed by atoms with Gasteiger partial charge in [0.15, 0.2) is 0 Å². The first-order valence-electron chi connectivity index (χ1n) is 4.93. The monoisotopic (exact) mass is 264 g/mol. The molecule has 0 amide bonds. The van der Waals surface area contributed by atoms with Gasteiger partial charge in [0, 0.05) is 30.4 Å². The molecule has 0 aliphatic carbocycles. The molecule has 0 aliphatic heterocycles. The zero-order valence-corrected chi connectivity index (χ0v) is 9.45. The normalized spacial score (nSPS) is 11.3. The summed E-state index contributed by atoms with van der Waals surface area (Å²) in [6.45, 7) is -1.74. The summed E-state index contributed by atoms with van der Waals surface area (Å²) in [5.41, 5.74) is 0.596. The van der Waals surface area contributed by atoms with Gasteiger partial charge in [-0.25, -0.2) is 0 Å². The Kier molecular flexibility index (Phi) is 4.49. The van der Waals surface area contributed by atoms with Crippen LogP contribution in [0.1, 0.15) is 5.56 Å². The Morgan fingerprint density at radius 1 is 1.44 bits per heavy atom. The van der Waals surface area contributed by atoms with E-state index in [0.717, 1.165) is 0 Å². The summed E-state index contributed by atoms with van der Waals surface area (Å²) in [4.78, 5) is 9.93. The van der Waals surface area contributed by atoms with E-state index in [0.29, 0.717) is 11.3 Å². The minimum atomic E-state index is -4.42. The lowest BCUT2D eigenvalue weighted by Crippen LogP contribution is -2.17. The average molecular weight is 264 g/mol. The molecule has 18 heavy (non-hydrogen) atoms. The van der Waals surface area contributed by atoms with Gasteiger partial charge < -0.3 is 10.1 Å². The molecule has 5 nitrogen and oxygen atoms in total. The molecule has 0 aromatic heterocycles. The fraction of sp³-hybridized carbons (Fsp3) is 0.400. The molecule has 1 aromatic rings. The van der Waals surface area contributed by atoms with Crippen molar-refractivity contribution in [2.75, 3.05) is 19.0 Å². The van der Waals surface area contributed by atoms with Gasteiger partial charge in [0.05, 0.1) is 11.5 Å². The Bertz CT molecular complexity index is 435. The van der Waals surface area contributed by atoms with Crippen molar-refractivity contribution in [1.82, 2.24) is 0 Å². The fourth-order valence-electron chi connectivity index (χ4n) is 1.33. The molecule has 1 aromatic carbocycles. The maximum absolute atomic E-state index is 11.9. The predicted molar refractivity (Wildman–Crippen MR) is 58.4 cm³/mol. The number of ether oxygens (including phenoxy) is 1. The van der Waals surface area contributed by atoms with Crippen LogP contribution in [0.15, 0.2) is 18.2 Å². The van der Waals surface area contributed by atoms with Gasteiger partial charge in [-0.05, 0) is 6.07 Å². The van der Waals surface area contributed by atoms with Crippen LogP contribution in [0.5, 0.6) is 0 Å². The van der Waals surface area contributed by atoms with Crippen molar-refractivity contribution < 1.29 is 22.8 Å². The van der Waals surface area contributed by atoms with E-state index in [1.165, 1.54) is 18.2 Å². The number of nitro benzene ring substituents is 1. The summed E-state index contributed by atoms with van der Waals surface area (Å²) in [6, 6.07) is 3.87. The van der Waals surface area contributed by atoms with Crippen LogP contribution in [0.4, 0.5) is 24.5 Å². The maximum Gasteiger partial charge on any atom is 0.411 e. The van der Waals surface area contributed by atoms with Gasteiger partial charge in [-0.1, -0.05) is 0 Å². The highest BCUT2D eigenvalue weighted by atomic mass is 19.4. The van der Waals surface area contributed by atoms with Gasteiger partial charge in [0.1, 0.15) is 6.61 Å². The number of hydrogen-bond donors (Lipinski definition) is 1. The first-order chi connectivity index (χ1) is 8.33. The summed E-state index contributed by atoms with van der Waals surface area (Å²) in [7, 11) is 1.56. The Morgan fingerprint density at radius 2 is 2.11 bits per heavy atom. The van der Waals surface area contributed by atoms with Crippen molar-refractivity contribution in [2.24, 2.45) is 0 Å². The molecule has 0 saturated heterocycles. The number of alkyl halides is 3. The van der Waals surface area contributed by atoms with Crippen LogP contribution in [-0.4, -0.2) is 24.8 Å². The molecule has 100 valence electrons. The number of nitro groups is 1. The predicted octanol–water partition coefficient (Wildman–Crippen LogP) is 2.72. The quantitative estimate of drug-likeness (QED) is 0.656. The largest absolute Gasteiger partial charge is 0.411 e. The minimum absolute atomic E-state index is 0.195. The van der Waals surface area contributed by atoms with Crippen molar-refractivity contribution >= 4 is 11.4 Å². The molecule has 0 atom stereocenters. The minimum Gasteiger partial charge on any atom is -0.388 e. The van der Waals surface area contributed by atoms with Crippen molar-refractivity contribution in [3.05, 3.63) is 33.9 Å². The topological polar surface area (TPSA) is 64.4 Å². The van der Waals surface area contributed by atoms with E-state index in [2.05, 4.69) is 10.1 Å². The fourth-order valence-corrected chi connectivity index (χ4v) is 1.33. The van der Waals surface area contributed by atoms with E-state index < -0.39 is 17.7 Å². The van der Waals surface area contributed by atoms with Gasteiger partial charge in [-0.15, -0.1) is 0 Å². The standard InChI is InChI=1S/C10H11F3N2O3/c1-14-9-3-2-8(15(16)17)4-7(9)5-18-6-10(11,12)13/h2-4,14H,5-6H2,1H3. The number of nitrogens with one attached hydrogen (secondary N) is 1. The van der Waals surface area contributed by atoms with Crippen LogP contribution in [0.2, 0.25) is 0 Å². The Balaban J connectivity index is 2.78. The smallest absolute Gasteiger partial charge is 0.388 e. The SMILES string of the molecule is CNc1ccc([N+](=O)[O-])cc1COCC(F)(F)F. The molecule has 0 saturated carbocycles. The van der Waals surface area contributed by atoms with Gasteiger partial charge >= 0.3 is 6.18 Å². The van der Waals surface area contributed by atoms with E-state index in [1.54, 1.807) is 7.05 Å². The summed E-state index contributed by atoms with van der Waals surface area (Å²) < 4.78 is 40.2. The molecule has 0 unspecified atom stereocenters. The van der Waals surface area contributed by atoms with Crippen molar-refractivity contribution in [3.63, 3.8) is 0 Å². The number of rotatable bonds is 5. The first-order valence-corrected chi connectivity index (χ1v) is 4.93. The number of non-ortho nitro benzene ring substituents is 1. The zero-order valence-electron chi connectivity index (χ0n) is 9.45. The first kappa shape index (κ1) is 14.2. The average Bonchev–Trinajstić information content (AvgIpc) is 2.27. The second-order valence-corrected chi connectivity index (χ2v) is 3.46. The number of nitrogens with zero attached hydrogens (tertiary/aromatic N) is 1. The summed E-state index contributed by atoms with van der Waals surface area (Å²) in [5, 5.41) is 13.3. The lowest BCUT2D eigenvalue weighted by Gasteiger charge is -2.11. The molecule has 1 N–H and O–H groups in total. The van der Waals surface area contributed by atoms with Crippen LogP contribution in [0, 0.1) is 10.1 Å². The van der Waals surface area contributed by atoms with E-state index in [4.69, 9.17) is 0 Å². The van der Waals surface area contributed by atoms with Gasteiger partial charge in [0.25, 0.3) is 5.69 Å². The van der Waals surface area contributed by atoms with Gasteiger partial charge in [-0.3, -0.25) is 10.1 Å². The molecular weight excluding hydrogens is 253 g/mol. The van der Waals surface area contributed by atoms with Crippen molar-refractivity contribution in [1.29, 1.82) is 0 Å². The van der Waals surface area contributed by atoms with Crippen LogP contribution in [0.3, 0.4) is 0 Å². The molecule has 0 bridgehead atoms. The Morgan fingerprint density at radius 3 is 2.61 bits per heavy atom. The second kappa shape index (κ2) is 5.67. The molecule has 0 heterocycles. The highest BCUT2D eigenvalue weighted by Gasteiger charge is 2.27. The van der Waals surface area contributed by atoms with E-state index >= 15 is 0 Å². The highest BCUT2D eigenvalue weighted by molar-refractivity contribution is 5.55. The third kappa shape index (κ3) is 4.21. The Labute approximate surface area is 101 Å². The number of hydrogen-bond acceptors (Lipinski definition) is 4. The molecule has 0 aliphatic rings. The summed E-state index contributed by atoms with van der Waals surface area (Å²) in [5.74, 6) is 0. The number of halogens is 3. The number of anilines is 1. The lowest BCUT2D eigenvalue weighted by molar-refractivity contribution is -0.384. The van der Waals surface area contributed by atoms with Crippen LogP contribution >= 0.6 is 0 Å². The zero-order chi connectivity index (χ0) is 13.8. The lowest BCUT2D eigenvalue weighted by atomic mass is 10.1. The highest BCUT2D eigenvalue weighted by Crippen LogP contribution is 2.23. The van der Waals surface area contributed by atoms with Crippen molar-refractivity contribution in [2.45, 2.75) is 12.8 Å². The third-order valence-electron chi connectivity index (χ3n) is 2.09. The molecule has 0 fully saturated rings. The third-order valence-corrected chi connectivity index (χ3v) is 2.09. The van der Waals surface area contributed by atoms with E-state index in [9.17, 15) is 23.3 Å². The summed E-state index contributed by atoms with van der Waals surface area (Å²) >= 11 is 0. The van der Waals surface area contributed by atoms with Crippen LogP contribution in [-0.2, 0) is 11.3 Å². The van der Waals surface area contributed by atoms with E-state index in [-0.39, 0.29) is 12.3 Å². The maximum atomic E-state index is 11.9. The second-order valence-electron chi connectivity index (χ2n) is 3.46. The Hall–Kier alpha value is -1.83. The molecular formula is C10H11F3N2O3. The van der Waals surface area contributed by atoms with Gasteiger partial charge in [-0.2, -0.15) is 13.2 Å². The van der Waals surface area contributed by atoms with E-state index in [1.807, 2.05) is 0 Å². The molecule has 0 spiro atoms.